The van der Waals surface area contributed by atoms with Gasteiger partial charge in [0.2, 0.25) is 0 Å². The number of rotatable bonds is 4. The number of sulfone groups is 1. The van der Waals surface area contributed by atoms with Gasteiger partial charge in [-0.1, -0.05) is 11.6 Å². The lowest BCUT2D eigenvalue weighted by Crippen LogP contribution is -2.38. The van der Waals surface area contributed by atoms with Crippen LogP contribution in [-0.4, -0.2) is 44.4 Å². The molecule has 1 fully saturated rings. The number of nitrogens with one attached hydrogen (secondary N) is 1. The Morgan fingerprint density at radius 2 is 1.96 bits per heavy atom. The van der Waals surface area contributed by atoms with Crippen molar-refractivity contribution in [2.24, 2.45) is 0 Å². The van der Waals surface area contributed by atoms with Crippen molar-refractivity contribution in [1.29, 1.82) is 0 Å². The third kappa shape index (κ3) is 4.61. The second-order valence-electron chi connectivity index (χ2n) is 4.99. The molecule has 1 unspecified atom stereocenters. The average molecular weight is 368 g/mol. The van der Waals surface area contributed by atoms with Crippen LogP contribution in [0, 0.1) is 11.6 Å². The molecule has 1 aromatic carbocycles. The van der Waals surface area contributed by atoms with E-state index >= 15 is 0 Å². The van der Waals surface area contributed by atoms with Crippen LogP contribution in [0.25, 0.3) is 0 Å². The van der Waals surface area contributed by atoms with E-state index in [0.29, 0.717) is 12.1 Å². The van der Waals surface area contributed by atoms with E-state index in [-0.39, 0.29) is 22.9 Å². The zero-order valence-corrected chi connectivity index (χ0v) is 13.2. The molecular weight excluding hydrogens is 356 g/mol. The molecule has 1 amide bonds. The summed E-state index contributed by atoms with van der Waals surface area (Å²) >= 11 is 5.61. The van der Waals surface area contributed by atoms with Gasteiger partial charge in [-0.05, 0) is 18.6 Å². The van der Waals surface area contributed by atoms with Crippen LogP contribution in [0.2, 0.25) is 5.02 Å². The highest BCUT2D eigenvalue weighted by Gasteiger charge is 2.29. The van der Waals surface area contributed by atoms with E-state index in [2.05, 4.69) is 10.1 Å². The zero-order chi connectivity index (χ0) is 17.2. The van der Waals surface area contributed by atoms with Gasteiger partial charge >= 0.3 is 5.97 Å². The minimum atomic E-state index is -3.15. The Morgan fingerprint density at radius 3 is 2.57 bits per heavy atom. The second kappa shape index (κ2) is 6.79. The first kappa shape index (κ1) is 17.6. The lowest BCUT2D eigenvalue weighted by atomic mass is 10.2. The molecule has 1 aliphatic heterocycles. The molecule has 23 heavy (non-hydrogen) atoms. The molecule has 1 aromatic rings. The molecule has 0 aromatic heterocycles. The Balaban J connectivity index is 1.89. The number of carbonyl (C=O) groups excluding carboxylic acids is 2. The smallest absolute Gasteiger partial charge is 0.340 e. The molecular formula is C13H12ClF2NO5S. The molecule has 6 nitrogen and oxygen atoms in total. The van der Waals surface area contributed by atoms with Gasteiger partial charge in [0.05, 0.1) is 22.1 Å². The molecule has 126 valence electrons. The van der Waals surface area contributed by atoms with Crippen molar-refractivity contribution >= 4 is 33.3 Å². The number of hydrogen-bond acceptors (Lipinski definition) is 5. The van der Waals surface area contributed by atoms with Crippen LogP contribution >= 0.6 is 11.6 Å². The molecule has 2 rings (SSSR count). The summed E-state index contributed by atoms with van der Waals surface area (Å²) in [6, 6.07) is 0.663. The minimum Gasteiger partial charge on any atom is -0.452 e. The van der Waals surface area contributed by atoms with Crippen LogP contribution in [0.5, 0.6) is 0 Å². The van der Waals surface area contributed by atoms with Crippen molar-refractivity contribution in [3.63, 3.8) is 0 Å². The van der Waals surface area contributed by atoms with E-state index in [1.165, 1.54) is 0 Å². The highest BCUT2D eigenvalue weighted by molar-refractivity contribution is 7.91. The van der Waals surface area contributed by atoms with Gasteiger partial charge in [0.15, 0.2) is 28.1 Å². The van der Waals surface area contributed by atoms with E-state index in [0.717, 1.165) is 0 Å². The summed E-state index contributed by atoms with van der Waals surface area (Å²) in [6.45, 7) is -0.690. The molecule has 0 saturated carbocycles. The first-order valence-corrected chi connectivity index (χ1v) is 8.69. The van der Waals surface area contributed by atoms with E-state index in [4.69, 9.17) is 11.6 Å². The number of halogens is 3. The Kier molecular flexibility index (Phi) is 5.20. The molecule has 0 radical (unpaired) electrons. The molecule has 0 spiro atoms. The number of benzene rings is 1. The highest BCUT2D eigenvalue weighted by atomic mass is 35.5. The summed E-state index contributed by atoms with van der Waals surface area (Å²) in [4.78, 5) is 23.3. The summed E-state index contributed by atoms with van der Waals surface area (Å²) < 4.78 is 53.1. The zero-order valence-electron chi connectivity index (χ0n) is 11.6. The maximum atomic E-state index is 13.1. The van der Waals surface area contributed by atoms with Crippen molar-refractivity contribution in [3.8, 4) is 0 Å². The van der Waals surface area contributed by atoms with Gasteiger partial charge in [-0.3, -0.25) is 4.79 Å². The highest BCUT2D eigenvalue weighted by Crippen LogP contribution is 2.20. The lowest BCUT2D eigenvalue weighted by molar-refractivity contribution is -0.124. The molecule has 1 atom stereocenters. The van der Waals surface area contributed by atoms with Gasteiger partial charge in [0.1, 0.15) is 0 Å². The van der Waals surface area contributed by atoms with E-state index in [9.17, 15) is 26.8 Å². The Bertz CT molecular complexity index is 753. The SMILES string of the molecule is O=C(COC(=O)c1cc(F)c(F)cc1Cl)NC1CCS(=O)(=O)C1. The number of esters is 1. The summed E-state index contributed by atoms with van der Waals surface area (Å²) in [6.07, 6.45) is 0.289. The third-order valence-corrected chi connectivity index (χ3v) is 5.24. The number of ether oxygens (including phenoxy) is 1. The van der Waals surface area contributed by atoms with Crippen LogP contribution < -0.4 is 5.32 Å². The fourth-order valence-corrected chi connectivity index (χ4v) is 3.97. The van der Waals surface area contributed by atoms with Gasteiger partial charge in [-0.15, -0.1) is 0 Å². The van der Waals surface area contributed by atoms with Crippen LogP contribution in [0.4, 0.5) is 8.78 Å². The quantitative estimate of drug-likeness (QED) is 0.635. The van der Waals surface area contributed by atoms with Crippen molar-refractivity contribution in [3.05, 3.63) is 34.4 Å². The van der Waals surface area contributed by atoms with Crippen molar-refractivity contribution in [2.45, 2.75) is 12.5 Å². The molecule has 1 aliphatic rings. The van der Waals surface area contributed by atoms with E-state index in [1.54, 1.807) is 0 Å². The van der Waals surface area contributed by atoms with Crippen LogP contribution in [0.1, 0.15) is 16.8 Å². The monoisotopic (exact) mass is 367 g/mol. The van der Waals surface area contributed by atoms with Gasteiger partial charge in [0, 0.05) is 6.04 Å². The summed E-state index contributed by atoms with van der Waals surface area (Å²) in [5.74, 6) is -4.46. The second-order valence-corrected chi connectivity index (χ2v) is 7.63. The fourth-order valence-electron chi connectivity index (χ4n) is 2.07. The van der Waals surface area contributed by atoms with Gasteiger partial charge in [-0.2, -0.15) is 0 Å². The predicted molar refractivity (Wildman–Crippen MR) is 76.9 cm³/mol. The summed E-state index contributed by atoms with van der Waals surface area (Å²) in [7, 11) is -3.15. The van der Waals surface area contributed by atoms with Crippen molar-refractivity contribution < 1.29 is 31.5 Å². The number of amides is 1. The average Bonchev–Trinajstić information content (AvgIpc) is 2.79. The standard InChI is InChI=1S/C13H12ClF2NO5S/c14-9-4-11(16)10(15)3-8(9)13(19)22-5-12(18)17-7-1-2-23(20,21)6-7/h3-4,7H,1-2,5-6H2,(H,17,18). The Morgan fingerprint density at radius 1 is 1.30 bits per heavy atom. The predicted octanol–water partition coefficient (Wildman–Crippen LogP) is 1.08. The maximum absolute atomic E-state index is 13.1. The Labute approximate surface area is 135 Å². The first-order chi connectivity index (χ1) is 10.7. The summed E-state index contributed by atoms with van der Waals surface area (Å²) in [5.41, 5.74) is -0.415. The number of hydrogen-bond donors (Lipinski definition) is 1. The van der Waals surface area contributed by atoms with Crippen molar-refractivity contribution in [1.82, 2.24) is 5.32 Å². The topological polar surface area (TPSA) is 89.5 Å². The van der Waals surface area contributed by atoms with Gasteiger partial charge < -0.3 is 10.1 Å². The van der Waals surface area contributed by atoms with E-state index < -0.39 is 51.6 Å². The van der Waals surface area contributed by atoms with E-state index in [1.807, 2.05) is 0 Å². The molecule has 0 bridgehead atoms. The van der Waals surface area contributed by atoms with Crippen molar-refractivity contribution in [2.75, 3.05) is 18.1 Å². The molecule has 10 heteroatoms. The molecule has 0 aliphatic carbocycles. The lowest BCUT2D eigenvalue weighted by Gasteiger charge is -2.11. The summed E-state index contributed by atoms with van der Waals surface area (Å²) in [5, 5.41) is 2.06. The number of carbonyl (C=O) groups is 2. The minimum absolute atomic E-state index is 0.0117. The third-order valence-electron chi connectivity index (χ3n) is 3.16. The Hall–Kier alpha value is -1.74. The largest absolute Gasteiger partial charge is 0.452 e. The van der Waals surface area contributed by atoms with Gasteiger partial charge in [-0.25, -0.2) is 22.0 Å². The van der Waals surface area contributed by atoms with Gasteiger partial charge in [0.25, 0.3) is 5.91 Å². The van der Waals surface area contributed by atoms with Crippen LogP contribution in [0.15, 0.2) is 12.1 Å². The maximum Gasteiger partial charge on any atom is 0.340 e. The molecule has 1 heterocycles. The van der Waals surface area contributed by atoms with Crippen LogP contribution in [0.3, 0.4) is 0 Å². The normalized spacial score (nSPS) is 19.3. The fraction of sp³-hybridized carbons (Fsp3) is 0.385. The molecule has 1 N–H and O–H groups in total. The first-order valence-electron chi connectivity index (χ1n) is 6.49. The molecule has 1 saturated heterocycles. The van der Waals surface area contributed by atoms with Crippen LogP contribution in [-0.2, 0) is 19.4 Å².